The van der Waals surface area contributed by atoms with Gasteiger partial charge in [-0.15, -0.1) is 0 Å². The van der Waals surface area contributed by atoms with Crippen LogP contribution in [0.2, 0.25) is 0 Å². The molecular weight excluding hydrogens is 190 g/mol. The zero-order valence-corrected chi connectivity index (χ0v) is 8.33. The van der Waals surface area contributed by atoms with E-state index in [1.54, 1.807) is 24.7 Å². The van der Waals surface area contributed by atoms with E-state index in [1.165, 1.54) is 6.33 Å². The molecule has 15 heavy (non-hydrogen) atoms. The van der Waals surface area contributed by atoms with Crippen molar-refractivity contribution in [1.82, 2.24) is 15.0 Å². The molecule has 0 spiro atoms. The number of hydrogen-bond acceptors (Lipinski definition) is 4. The summed E-state index contributed by atoms with van der Waals surface area (Å²) in [7, 11) is 0. The van der Waals surface area contributed by atoms with Crippen molar-refractivity contribution in [3.63, 3.8) is 0 Å². The standard InChI is InChI=1S/C11H11N3O/c1-8-4-9(6-13-5-8)11(15)10-2-3-12-7-14-10/h2-7,11,15H,1H3. The summed E-state index contributed by atoms with van der Waals surface area (Å²) in [5.74, 6) is 0. The fourth-order valence-corrected chi connectivity index (χ4v) is 1.36. The highest BCUT2D eigenvalue weighted by Crippen LogP contribution is 2.18. The van der Waals surface area contributed by atoms with Crippen molar-refractivity contribution in [3.05, 3.63) is 53.9 Å². The maximum atomic E-state index is 9.99. The Kier molecular flexibility index (Phi) is 2.69. The lowest BCUT2D eigenvalue weighted by Crippen LogP contribution is -2.03. The van der Waals surface area contributed by atoms with Crippen LogP contribution in [0, 0.1) is 6.92 Å². The summed E-state index contributed by atoms with van der Waals surface area (Å²) < 4.78 is 0. The van der Waals surface area contributed by atoms with Crippen molar-refractivity contribution in [3.8, 4) is 0 Å². The molecule has 1 unspecified atom stereocenters. The van der Waals surface area contributed by atoms with Crippen LogP contribution < -0.4 is 0 Å². The van der Waals surface area contributed by atoms with Crippen molar-refractivity contribution in [1.29, 1.82) is 0 Å². The number of aliphatic hydroxyl groups is 1. The molecule has 0 saturated carbocycles. The van der Waals surface area contributed by atoms with E-state index in [0.29, 0.717) is 5.69 Å². The first-order chi connectivity index (χ1) is 7.27. The molecule has 76 valence electrons. The minimum atomic E-state index is -0.736. The van der Waals surface area contributed by atoms with Gasteiger partial charge in [0, 0.05) is 24.2 Å². The highest BCUT2D eigenvalue weighted by atomic mass is 16.3. The fraction of sp³-hybridized carbons (Fsp3) is 0.182. The number of rotatable bonds is 2. The normalized spacial score (nSPS) is 12.4. The molecule has 1 atom stereocenters. The van der Waals surface area contributed by atoms with Crippen LogP contribution in [0.15, 0.2) is 37.1 Å². The third-order valence-electron chi connectivity index (χ3n) is 2.10. The molecule has 0 aliphatic heterocycles. The van der Waals surface area contributed by atoms with Gasteiger partial charge < -0.3 is 5.11 Å². The Morgan fingerprint density at radius 2 is 2.13 bits per heavy atom. The van der Waals surface area contributed by atoms with Gasteiger partial charge >= 0.3 is 0 Å². The summed E-state index contributed by atoms with van der Waals surface area (Å²) in [6.45, 7) is 1.93. The average molecular weight is 201 g/mol. The van der Waals surface area contributed by atoms with Gasteiger partial charge in [-0.2, -0.15) is 0 Å². The van der Waals surface area contributed by atoms with Crippen molar-refractivity contribution < 1.29 is 5.11 Å². The zero-order chi connectivity index (χ0) is 10.7. The van der Waals surface area contributed by atoms with Crippen molar-refractivity contribution in [2.24, 2.45) is 0 Å². The first-order valence-electron chi connectivity index (χ1n) is 4.63. The van der Waals surface area contributed by atoms with Gasteiger partial charge in [-0.05, 0) is 18.6 Å². The summed E-state index contributed by atoms with van der Waals surface area (Å²) in [5, 5.41) is 9.99. The van der Waals surface area contributed by atoms with Crippen LogP contribution in [0.4, 0.5) is 0 Å². The van der Waals surface area contributed by atoms with Crippen molar-refractivity contribution >= 4 is 0 Å². The van der Waals surface area contributed by atoms with E-state index in [1.807, 2.05) is 13.0 Å². The van der Waals surface area contributed by atoms with E-state index in [0.717, 1.165) is 11.1 Å². The van der Waals surface area contributed by atoms with Crippen molar-refractivity contribution in [2.75, 3.05) is 0 Å². The second-order valence-corrected chi connectivity index (χ2v) is 3.33. The fourth-order valence-electron chi connectivity index (χ4n) is 1.36. The maximum Gasteiger partial charge on any atom is 0.123 e. The predicted molar refractivity (Wildman–Crippen MR) is 55.1 cm³/mol. The summed E-state index contributed by atoms with van der Waals surface area (Å²) in [6, 6.07) is 3.58. The lowest BCUT2D eigenvalue weighted by molar-refractivity contribution is 0.214. The van der Waals surface area contributed by atoms with Gasteiger partial charge in [-0.25, -0.2) is 9.97 Å². The molecule has 2 aromatic rings. The molecule has 2 rings (SSSR count). The van der Waals surface area contributed by atoms with Gasteiger partial charge in [-0.3, -0.25) is 4.98 Å². The monoisotopic (exact) mass is 201 g/mol. The van der Waals surface area contributed by atoms with Crippen LogP contribution in [0.1, 0.15) is 22.9 Å². The molecular formula is C11H11N3O. The molecule has 0 saturated heterocycles. The van der Waals surface area contributed by atoms with E-state index in [2.05, 4.69) is 15.0 Å². The third kappa shape index (κ3) is 2.16. The summed E-state index contributed by atoms with van der Waals surface area (Å²) >= 11 is 0. The van der Waals surface area contributed by atoms with E-state index >= 15 is 0 Å². The van der Waals surface area contributed by atoms with Gasteiger partial charge in [0.25, 0.3) is 0 Å². The Hall–Kier alpha value is -1.81. The molecule has 0 bridgehead atoms. The van der Waals surface area contributed by atoms with Gasteiger partial charge in [-0.1, -0.05) is 6.07 Å². The van der Waals surface area contributed by atoms with E-state index in [4.69, 9.17) is 0 Å². The average Bonchev–Trinajstić information content (AvgIpc) is 2.29. The molecule has 0 fully saturated rings. The summed E-state index contributed by atoms with van der Waals surface area (Å²) in [6.07, 6.45) is 5.67. The second-order valence-electron chi connectivity index (χ2n) is 3.33. The van der Waals surface area contributed by atoms with Crippen LogP contribution in [0.3, 0.4) is 0 Å². The number of pyridine rings is 1. The first-order valence-corrected chi connectivity index (χ1v) is 4.63. The molecule has 4 nitrogen and oxygen atoms in total. The smallest absolute Gasteiger partial charge is 0.123 e. The minimum absolute atomic E-state index is 0.581. The topological polar surface area (TPSA) is 58.9 Å². The van der Waals surface area contributed by atoms with Crippen LogP contribution in [0.25, 0.3) is 0 Å². The predicted octanol–water partition coefficient (Wildman–Crippen LogP) is 1.26. The van der Waals surface area contributed by atoms with E-state index in [9.17, 15) is 5.11 Å². The SMILES string of the molecule is Cc1cncc(C(O)c2ccncn2)c1. The number of aliphatic hydroxyl groups excluding tert-OH is 1. The quantitative estimate of drug-likeness (QED) is 0.794. The number of hydrogen-bond donors (Lipinski definition) is 1. The Bertz CT molecular complexity index is 445. The van der Waals surface area contributed by atoms with Crippen LogP contribution in [-0.2, 0) is 0 Å². The Morgan fingerprint density at radius 1 is 1.27 bits per heavy atom. The molecule has 0 aromatic carbocycles. The molecule has 4 heteroatoms. The van der Waals surface area contributed by atoms with Gasteiger partial charge in [0.15, 0.2) is 0 Å². The molecule has 0 radical (unpaired) electrons. The maximum absolute atomic E-state index is 9.99. The van der Waals surface area contributed by atoms with Crippen molar-refractivity contribution in [2.45, 2.75) is 13.0 Å². The highest BCUT2D eigenvalue weighted by molar-refractivity contribution is 5.25. The lowest BCUT2D eigenvalue weighted by atomic mass is 10.1. The number of nitrogens with zero attached hydrogens (tertiary/aromatic N) is 3. The van der Waals surface area contributed by atoms with E-state index < -0.39 is 6.10 Å². The van der Waals surface area contributed by atoms with Crippen LogP contribution in [-0.4, -0.2) is 20.1 Å². The Morgan fingerprint density at radius 3 is 2.80 bits per heavy atom. The molecule has 0 amide bonds. The minimum Gasteiger partial charge on any atom is -0.382 e. The largest absolute Gasteiger partial charge is 0.382 e. The number of aromatic nitrogens is 3. The Labute approximate surface area is 87.7 Å². The molecule has 0 aliphatic carbocycles. The van der Waals surface area contributed by atoms with Crippen LogP contribution in [0.5, 0.6) is 0 Å². The first kappa shape index (κ1) is 9.73. The van der Waals surface area contributed by atoms with Gasteiger partial charge in [0.05, 0.1) is 5.69 Å². The summed E-state index contributed by atoms with van der Waals surface area (Å²) in [4.78, 5) is 11.8. The lowest BCUT2D eigenvalue weighted by Gasteiger charge is -2.09. The van der Waals surface area contributed by atoms with Crippen LogP contribution >= 0.6 is 0 Å². The highest BCUT2D eigenvalue weighted by Gasteiger charge is 2.11. The Balaban J connectivity index is 2.32. The molecule has 0 aliphatic rings. The van der Waals surface area contributed by atoms with Gasteiger partial charge in [0.1, 0.15) is 12.4 Å². The molecule has 2 heterocycles. The molecule has 2 aromatic heterocycles. The number of aryl methyl sites for hydroxylation is 1. The molecule has 1 N–H and O–H groups in total. The summed E-state index contributed by atoms with van der Waals surface area (Å²) in [5.41, 5.74) is 2.34. The van der Waals surface area contributed by atoms with Gasteiger partial charge in [0.2, 0.25) is 0 Å². The second kappa shape index (κ2) is 4.14. The third-order valence-corrected chi connectivity index (χ3v) is 2.10. The van der Waals surface area contributed by atoms with E-state index in [-0.39, 0.29) is 0 Å². The zero-order valence-electron chi connectivity index (χ0n) is 8.33.